The van der Waals surface area contributed by atoms with Crippen LogP contribution >= 0.6 is 0 Å². The molecular weight excluding hydrogens is 479 g/mol. The molecule has 4 aromatic rings. The van der Waals surface area contributed by atoms with Crippen LogP contribution in [0.4, 0.5) is 16.0 Å². The Hall–Kier alpha value is -4.82. The van der Waals surface area contributed by atoms with Gasteiger partial charge in [0.1, 0.15) is 17.6 Å². The van der Waals surface area contributed by atoms with Crippen LogP contribution in [0.2, 0.25) is 0 Å². The lowest BCUT2D eigenvalue weighted by Gasteiger charge is -2.16. The summed E-state index contributed by atoms with van der Waals surface area (Å²) in [4.78, 5) is 35.1. The zero-order valence-corrected chi connectivity index (χ0v) is 19.8. The van der Waals surface area contributed by atoms with E-state index in [0.717, 1.165) is 28.4 Å². The molecule has 0 saturated heterocycles. The molecule has 1 aliphatic rings. The summed E-state index contributed by atoms with van der Waals surface area (Å²) >= 11 is 0. The van der Waals surface area contributed by atoms with Gasteiger partial charge in [0.25, 0.3) is 0 Å². The van der Waals surface area contributed by atoms with Gasteiger partial charge in [-0.3, -0.25) is 9.55 Å². The van der Waals surface area contributed by atoms with Crippen molar-refractivity contribution in [2.75, 3.05) is 19.0 Å². The number of fused-ring (bicyclic) bond motifs is 1. The number of pyridine rings is 1. The molecule has 0 aliphatic carbocycles. The molecule has 3 heterocycles. The van der Waals surface area contributed by atoms with E-state index in [1.54, 1.807) is 30.5 Å². The molecule has 2 aromatic heterocycles. The maximum atomic E-state index is 13.9. The number of aromatic nitrogens is 4. The molecule has 1 aliphatic heterocycles. The van der Waals surface area contributed by atoms with Crippen molar-refractivity contribution in [2.24, 2.45) is 0 Å². The number of hydrogen-bond donors (Lipinski definition) is 1. The molecule has 0 radical (unpaired) electrons. The van der Waals surface area contributed by atoms with Crippen molar-refractivity contribution in [3.63, 3.8) is 0 Å². The van der Waals surface area contributed by atoms with E-state index in [9.17, 15) is 19.2 Å². The smallest absolute Gasteiger partial charge is 0.359 e. The van der Waals surface area contributed by atoms with Gasteiger partial charge in [-0.1, -0.05) is 6.07 Å². The predicted molar refractivity (Wildman–Crippen MR) is 132 cm³/mol. The summed E-state index contributed by atoms with van der Waals surface area (Å²) in [6.07, 6.45) is 3.69. The number of hydrogen-bond acceptors (Lipinski definition) is 8. The average Bonchev–Trinajstić information content (AvgIpc) is 3.36. The van der Waals surface area contributed by atoms with Gasteiger partial charge < -0.3 is 14.8 Å². The average molecular weight is 500 g/mol. The zero-order valence-electron chi connectivity index (χ0n) is 19.8. The molecular formula is C26H21FN6O4. The molecule has 0 fully saturated rings. The molecule has 37 heavy (non-hydrogen) atoms. The van der Waals surface area contributed by atoms with Gasteiger partial charge in [0.05, 0.1) is 37.2 Å². The number of nitrogens with one attached hydrogen (secondary N) is 1. The summed E-state index contributed by atoms with van der Waals surface area (Å²) in [6, 6.07) is 12.8. The monoisotopic (exact) mass is 500 g/mol. The van der Waals surface area contributed by atoms with E-state index < -0.39 is 17.2 Å². The molecule has 0 spiro atoms. The van der Waals surface area contributed by atoms with E-state index >= 15 is 0 Å². The third-order valence-electron chi connectivity index (χ3n) is 5.86. The lowest BCUT2D eigenvalue weighted by molar-refractivity contribution is 0.184. The van der Waals surface area contributed by atoms with Gasteiger partial charge >= 0.3 is 11.4 Å². The standard InChI is InChI=1S/C26H21FN6O4/c1-36-15-17-9-21(13-29-12-17)33-25(34)31-24(30-20-3-5-23-18(10-20)6-7-37-23)32(26(33)35)14-16-2-4-22(27)19(8-16)11-28/h2-5,8-10,12-13H,6-7,14-15H2,1H3,(H,30,31,34). The second-order valence-electron chi connectivity index (χ2n) is 8.38. The molecule has 0 amide bonds. The Morgan fingerprint density at radius 1 is 1.16 bits per heavy atom. The van der Waals surface area contributed by atoms with Crippen LogP contribution in [0, 0.1) is 17.1 Å². The van der Waals surface area contributed by atoms with Gasteiger partial charge in [-0.05, 0) is 53.1 Å². The van der Waals surface area contributed by atoms with Crippen molar-refractivity contribution < 1.29 is 13.9 Å². The van der Waals surface area contributed by atoms with Gasteiger partial charge in [0.15, 0.2) is 0 Å². The van der Waals surface area contributed by atoms with Crippen LogP contribution < -0.4 is 21.4 Å². The second kappa shape index (κ2) is 10.0. The lowest BCUT2D eigenvalue weighted by Crippen LogP contribution is -2.41. The quantitative estimate of drug-likeness (QED) is 0.411. The summed E-state index contributed by atoms with van der Waals surface area (Å²) in [7, 11) is 1.52. The van der Waals surface area contributed by atoms with E-state index in [0.29, 0.717) is 23.4 Å². The number of halogens is 1. The molecule has 2 aromatic carbocycles. The SMILES string of the molecule is COCc1cncc(-n2c(=O)nc(Nc3ccc4c(c3)CCO4)n(Cc3ccc(F)c(C#N)c3)c2=O)c1. The number of rotatable bonds is 7. The normalized spacial score (nSPS) is 12.0. The summed E-state index contributed by atoms with van der Waals surface area (Å²) in [5.74, 6) is 0.112. The highest BCUT2D eigenvalue weighted by Crippen LogP contribution is 2.29. The summed E-state index contributed by atoms with van der Waals surface area (Å²) in [5, 5.41) is 12.3. The topological polar surface area (TPSA) is 124 Å². The van der Waals surface area contributed by atoms with Gasteiger partial charge in [0.2, 0.25) is 5.95 Å². The van der Waals surface area contributed by atoms with Gasteiger partial charge in [-0.15, -0.1) is 0 Å². The Labute approximate surface area is 210 Å². The molecule has 186 valence electrons. The van der Waals surface area contributed by atoms with Gasteiger partial charge in [0, 0.05) is 25.4 Å². The van der Waals surface area contributed by atoms with Crippen LogP contribution in [0.15, 0.2) is 64.4 Å². The van der Waals surface area contributed by atoms with Crippen molar-refractivity contribution >= 4 is 11.6 Å². The van der Waals surface area contributed by atoms with E-state index in [-0.39, 0.29) is 30.4 Å². The summed E-state index contributed by atoms with van der Waals surface area (Å²) in [6.45, 7) is 0.744. The van der Waals surface area contributed by atoms with E-state index in [4.69, 9.17) is 9.47 Å². The molecule has 0 atom stereocenters. The lowest BCUT2D eigenvalue weighted by atomic mass is 10.1. The fourth-order valence-corrected chi connectivity index (χ4v) is 4.13. The predicted octanol–water partition coefficient (Wildman–Crippen LogP) is 2.67. The Morgan fingerprint density at radius 3 is 2.84 bits per heavy atom. The maximum absolute atomic E-state index is 13.9. The van der Waals surface area contributed by atoms with Crippen molar-refractivity contribution in [3.8, 4) is 17.5 Å². The van der Waals surface area contributed by atoms with Crippen molar-refractivity contribution in [3.05, 3.63) is 104 Å². The molecule has 10 nitrogen and oxygen atoms in total. The molecule has 1 N–H and O–H groups in total. The van der Waals surface area contributed by atoms with Crippen LogP contribution in [-0.2, 0) is 24.3 Å². The van der Waals surface area contributed by atoms with E-state index in [1.807, 2.05) is 6.07 Å². The molecule has 0 bridgehead atoms. The number of anilines is 2. The highest BCUT2D eigenvalue weighted by atomic mass is 19.1. The first-order chi connectivity index (χ1) is 18.0. The third-order valence-corrected chi connectivity index (χ3v) is 5.86. The fraction of sp³-hybridized carbons (Fsp3) is 0.192. The van der Waals surface area contributed by atoms with Gasteiger partial charge in [-0.2, -0.15) is 10.2 Å². The van der Waals surface area contributed by atoms with Crippen molar-refractivity contribution in [2.45, 2.75) is 19.6 Å². The van der Waals surface area contributed by atoms with Crippen LogP contribution in [-0.4, -0.2) is 32.8 Å². The first-order valence-electron chi connectivity index (χ1n) is 11.3. The van der Waals surface area contributed by atoms with Crippen LogP contribution in [0.5, 0.6) is 5.75 Å². The number of methoxy groups -OCH3 is 1. The Morgan fingerprint density at radius 2 is 2.03 bits per heavy atom. The Kier molecular flexibility index (Phi) is 6.49. The largest absolute Gasteiger partial charge is 0.493 e. The maximum Gasteiger partial charge on any atom is 0.359 e. The zero-order chi connectivity index (χ0) is 25.9. The Balaban J connectivity index is 1.63. The molecule has 11 heteroatoms. The highest BCUT2D eigenvalue weighted by Gasteiger charge is 2.18. The second-order valence-corrected chi connectivity index (χ2v) is 8.38. The molecule has 0 unspecified atom stereocenters. The number of nitrogens with zero attached hydrogens (tertiary/aromatic N) is 5. The molecule has 0 saturated carbocycles. The number of nitriles is 1. The van der Waals surface area contributed by atoms with Crippen molar-refractivity contribution in [1.82, 2.24) is 19.1 Å². The van der Waals surface area contributed by atoms with E-state index in [2.05, 4.69) is 15.3 Å². The first kappa shape index (κ1) is 23.9. The van der Waals surface area contributed by atoms with Gasteiger partial charge in [-0.25, -0.2) is 18.5 Å². The minimum Gasteiger partial charge on any atom is -0.493 e. The Bertz CT molecular complexity index is 1660. The fourth-order valence-electron chi connectivity index (χ4n) is 4.13. The van der Waals surface area contributed by atoms with Crippen LogP contribution in [0.25, 0.3) is 5.69 Å². The minimum atomic E-state index is -0.804. The minimum absolute atomic E-state index is 0.00560. The molecule has 5 rings (SSSR count). The number of ether oxygens (including phenoxy) is 2. The third kappa shape index (κ3) is 4.82. The highest BCUT2D eigenvalue weighted by molar-refractivity contribution is 5.58. The summed E-state index contributed by atoms with van der Waals surface area (Å²) < 4.78 is 26.7. The van der Waals surface area contributed by atoms with Crippen LogP contribution in [0.3, 0.4) is 0 Å². The van der Waals surface area contributed by atoms with Crippen molar-refractivity contribution in [1.29, 1.82) is 5.26 Å². The first-order valence-corrected chi connectivity index (χ1v) is 11.3. The summed E-state index contributed by atoms with van der Waals surface area (Å²) in [5.41, 5.74) is 1.32. The van der Waals surface area contributed by atoms with Crippen LogP contribution in [0.1, 0.15) is 22.3 Å². The van der Waals surface area contributed by atoms with E-state index in [1.165, 1.54) is 30.0 Å². The number of benzene rings is 2.